The second-order valence-electron chi connectivity index (χ2n) is 3.21. The minimum Gasteiger partial charge on any atom is -0.454 e. The van der Waals surface area contributed by atoms with E-state index in [0.29, 0.717) is 16.7 Å². The van der Waals surface area contributed by atoms with Gasteiger partial charge < -0.3 is 9.52 Å². The summed E-state index contributed by atoms with van der Waals surface area (Å²) >= 11 is 0. The molecule has 0 spiro atoms. The second-order valence-corrected chi connectivity index (χ2v) is 3.21. The number of furan rings is 1. The summed E-state index contributed by atoms with van der Waals surface area (Å²) in [5, 5.41) is 20.4. The number of nitrogens with zero attached hydrogens (tertiary/aromatic N) is 1. The maximum Gasteiger partial charge on any atom is 0.312 e. The summed E-state index contributed by atoms with van der Waals surface area (Å²) < 4.78 is 5.28. The number of aliphatic hydroxyl groups excluding tert-OH is 1. The summed E-state index contributed by atoms with van der Waals surface area (Å²) in [4.78, 5) is 10.2. The fraction of sp³-hybridized carbons (Fsp3) is 0.200. The third kappa shape index (κ3) is 1.37. The van der Waals surface area contributed by atoms with Gasteiger partial charge in [-0.15, -0.1) is 0 Å². The van der Waals surface area contributed by atoms with E-state index in [9.17, 15) is 10.1 Å². The molecule has 5 nitrogen and oxygen atoms in total. The summed E-state index contributed by atoms with van der Waals surface area (Å²) in [6, 6.07) is 4.66. The lowest BCUT2D eigenvalue weighted by molar-refractivity contribution is -0.383. The van der Waals surface area contributed by atoms with Crippen molar-refractivity contribution in [1.82, 2.24) is 0 Å². The summed E-state index contributed by atoms with van der Waals surface area (Å²) in [7, 11) is 0. The minimum atomic E-state index is -0.494. The van der Waals surface area contributed by atoms with Crippen LogP contribution < -0.4 is 0 Å². The predicted molar refractivity (Wildman–Crippen MR) is 53.5 cm³/mol. The number of rotatable bonds is 2. The Hall–Kier alpha value is -1.88. The molecule has 0 amide bonds. The monoisotopic (exact) mass is 207 g/mol. The van der Waals surface area contributed by atoms with E-state index in [1.54, 1.807) is 19.1 Å². The van der Waals surface area contributed by atoms with Gasteiger partial charge in [-0.2, -0.15) is 0 Å². The van der Waals surface area contributed by atoms with Crippen molar-refractivity contribution in [2.45, 2.75) is 13.5 Å². The van der Waals surface area contributed by atoms with Crippen molar-refractivity contribution in [3.63, 3.8) is 0 Å². The van der Waals surface area contributed by atoms with Crippen LogP contribution in [0, 0.1) is 17.0 Å². The van der Waals surface area contributed by atoms with E-state index in [2.05, 4.69) is 0 Å². The zero-order valence-electron chi connectivity index (χ0n) is 8.06. The fourth-order valence-corrected chi connectivity index (χ4v) is 1.61. The molecule has 2 rings (SSSR count). The van der Waals surface area contributed by atoms with Crippen LogP contribution in [0.15, 0.2) is 22.6 Å². The average molecular weight is 207 g/mol. The second kappa shape index (κ2) is 3.36. The fourth-order valence-electron chi connectivity index (χ4n) is 1.61. The Kier molecular flexibility index (Phi) is 2.17. The quantitative estimate of drug-likeness (QED) is 0.604. The van der Waals surface area contributed by atoms with Crippen molar-refractivity contribution in [3.05, 3.63) is 39.6 Å². The molecular formula is C10H9NO4. The smallest absolute Gasteiger partial charge is 0.312 e. The van der Waals surface area contributed by atoms with Gasteiger partial charge in [0, 0.05) is 17.0 Å². The Balaban J connectivity index is 2.83. The first kappa shape index (κ1) is 9.67. The molecule has 78 valence electrons. The van der Waals surface area contributed by atoms with Crippen LogP contribution in [0.2, 0.25) is 0 Å². The molecular weight excluding hydrogens is 198 g/mol. The Morgan fingerprint density at radius 3 is 2.87 bits per heavy atom. The SMILES string of the molecule is Cc1oc2c([N+](=O)[O-])cccc2c1CO. The number of nitro groups is 1. The summed E-state index contributed by atoms with van der Waals surface area (Å²) in [5.41, 5.74) is 0.757. The van der Waals surface area contributed by atoms with Crippen molar-refractivity contribution in [2.75, 3.05) is 0 Å². The number of hydrogen-bond donors (Lipinski definition) is 1. The normalized spacial score (nSPS) is 10.8. The van der Waals surface area contributed by atoms with Gasteiger partial charge in [0.15, 0.2) is 0 Å². The van der Waals surface area contributed by atoms with Gasteiger partial charge in [-0.1, -0.05) is 12.1 Å². The van der Waals surface area contributed by atoms with Crippen LogP contribution in [0.3, 0.4) is 0 Å². The molecule has 0 radical (unpaired) electrons. The Morgan fingerprint density at radius 2 is 2.27 bits per heavy atom. The number of nitro benzene ring substituents is 1. The van der Waals surface area contributed by atoms with Crippen LogP contribution in [0.25, 0.3) is 11.0 Å². The van der Waals surface area contributed by atoms with Gasteiger partial charge in [-0.05, 0) is 6.92 Å². The molecule has 0 unspecified atom stereocenters. The maximum absolute atomic E-state index is 10.7. The first-order valence-corrected chi connectivity index (χ1v) is 4.41. The Bertz CT molecular complexity index is 529. The summed E-state index contributed by atoms with van der Waals surface area (Å²) in [5.74, 6) is 0.516. The lowest BCUT2D eigenvalue weighted by Crippen LogP contribution is -1.88. The molecule has 0 aliphatic carbocycles. The van der Waals surface area contributed by atoms with Gasteiger partial charge in [-0.25, -0.2) is 0 Å². The summed E-state index contributed by atoms with van der Waals surface area (Å²) in [6.45, 7) is 1.50. The minimum absolute atomic E-state index is 0.0738. The topological polar surface area (TPSA) is 76.5 Å². The van der Waals surface area contributed by atoms with E-state index in [-0.39, 0.29) is 17.9 Å². The Morgan fingerprint density at radius 1 is 1.53 bits per heavy atom. The first-order chi connectivity index (χ1) is 7.15. The van der Waals surface area contributed by atoms with Gasteiger partial charge in [-0.3, -0.25) is 10.1 Å². The maximum atomic E-state index is 10.7. The number of para-hydroxylation sites is 1. The van der Waals surface area contributed by atoms with Gasteiger partial charge in [0.2, 0.25) is 5.58 Å². The molecule has 0 bridgehead atoms. The largest absolute Gasteiger partial charge is 0.454 e. The third-order valence-electron chi connectivity index (χ3n) is 2.35. The standard InChI is InChI=1S/C10H9NO4/c1-6-8(5-12)7-3-2-4-9(11(13)14)10(7)15-6/h2-4,12H,5H2,1H3. The van der Waals surface area contributed by atoms with Crippen LogP contribution >= 0.6 is 0 Å². The molecule has 0 saturated carbocycles. The molecule has 1 heterocycles. The van der Waals surface area contributed by atoms with Crippen molar-refractivity contribution in [3.8, 4) is 0 Å². The lowest BCUT2D eigenvalue weighted by atomic mass is 10.1. The van der Waals surface area contributed by atoms with E-state index in [4.69, 9.17) is 9.52 Å². The molecule has 0 fully saturated rings. The number of aryl methyl sites for hydroxylation is 1. The van der Waals surface area contributed by atoms with Crippen LogP contribution in [-0.4, -0.2) is 10.0 Å². The zero-order valence-corrected chi connectivity index (χ0v) is 8.06. The van der Waals surface area contributed by atoms with E-state index >= 15 is 0 Å². The number of fused-ring (bicyclic) bond motifs is 1. The van der Waals surface area contributed by atoms with Crippen molar-refractivity contribution >= 4 is 16.7 Å². The van der Waals surface area contributed by atoms with E-state index in [0.717, 1.165) is 0 Å². The highest BCUT2D eigenvalue weighted by Crippen LogP contribution is 2.31. The third-order valence-corrected chi connectivity index (χ3v) is 2.35. The highest BCUT2D eigenvalue weighted by molar-refractivity contribution is 5.89. The predicted octanol–water partition coefficient (Wildman–Crippen LogP) is 2.14. The van der Waals surface area contributed by atoms with Crippen molar-refractivity contribution < 1.29 is 14.4 Å². The van der Waals surface area contributed by atoms with Crippen LogP contribution in [0.4, 0.5) is 5.69 Å². The molecule has 1 aromatic carbocycles. The molecule has 2 aromatic rings. The van der Waals surface area contributed by atoms with Crippen LogP contribution in [0.5, 0.6) is 0 Å². The molecule has 5 heteroatoms. The van der Waals surface area contributed by atoms with Crippen LogP contribution in [0.1, 0.15) is 11.3 Å². The van der Waals surface area contributed by atoms with E-state index < -0.39 is 4.92 Å². The average Bonchev–Trinajstić information content (AvgIpc) is 2.52. The molecule has 1 aromatic heterocycles. The molecule has 1 N–H and O–H groups in total. The van der Waals surface area contributed by atoms with Crippen molar-refractivity contribution in [1.29, 1.82) is 0 Å². The Labute approximate surface area is 85.1 Å². The first-order valence-electron chi connectivity index (χ1n) is 4.41. The lowest BCUT2D eigenvalue weighted by Gasteiger charge is -1.93. The van der Waals surface area contributed by atoms with Gasteiger partial charge in [0.05, 0.1) is 11.5 Å². The molecule has 15 heavy (non-hydrogen) atoms. The molecule has 0 aliphatic rings. The van der Waals surface area contributed by atoms with E-state index in [1.807, 2.05) is 0 Å². The van der Waals surface area contributed by atoms with Gasteiger partial charge in [0.25, 0.3) is 0 Å². The number of aliphatic hydroxyl groups is 1. The zero-order chi connectivity index (χ0) is 11.0. The van der Waals surface area contributed by atoms with E-state index in [1.165, 1.54) is 6.07 Å². The van der Waals surface area contributed by atoms with Gasteiger partial charge in [0.1, 0.15) is 5.76 Å². The van der Waals surface area contributed by atoms with Crippen LogP contribution in [-0.2, 0) is 6.61 Å². The number of hydrogen-bond acceptors (Lipinski definition) is 4. The molecule has 0 aliphatic heterocycles. The number of benzene rings is 1. The molecule has 0 atom stereocenters. The molecule has 0 saturated heterocycles. The number of non-ortho nitro benzene ring substituents is 1. The van der Waals surface area contributed by atoms with Gasteiger partial charge >= 0.3 is 5.69 Å². The highest BCUT2D eigenvalue weighted by atomic mass is 16.6. The summed E-state index contributed by atoms with van der Waals surface area (Å²) in [6.07, 6.45) is 0. The van der Waals surface area contributed by atoms with Crippen molar-refractivity contribution in [2.24, 2.45) is 0 Å². The highest BCUT2D eigenvalue weighted by Gasteiger charge is 2.19.